The second-order valence-corrected chi connectivity index (χ2v) is 4.88. The van der Waals surface area contributed by atoms with Crippen LogP contribution >= 0.6 is 0 Å². The van der Waals surface area contributed by atoms with Crippen molar-refractivity contribution in [3.05, 3.63) is 35.6 Å². The predicted molar refractivity (Wildman–Crippen MR) is 70.1 cm³/mol. The molecule has 1 atom stereocenters. The Hall–Kier alpha value is -1.46. The maximum Gasteiger partial charge on any atom is 0.219 e. The number of carbonyl (C=O) groups excluding carboxylic acids is 1. The zero-order valence-corrected chi connectivity index (χ0v) is 11.1. The van der Waals surface area contributed by atoms with Crippen molar-refractivity contribution in [2.75, 3.05) is 32.7 Å². The molecule has 1 unspecified atom stereocenters. The lowest BCUT2D eigenvalue weighted by Crippen LogP contribution is -2.48. The van der Waals surface area contributed by atoms with Crippen molar-refractivity contribution in [1.82, 2.24) is 9.80 Å². The highest BCUT2D eigenvalue weighted by Gasteiger charge is 2.21. The molecule has 5 heteroatoms. The van der Waals surface area contributed by atoms with Crippen molar-refractivity contribution in [2.45, 2.75) is 13.0 Å². The molecule has 1 saturated heterocycles. The lowest BCUT2D eigenvalue weighted by molar-refractivity contribution is -0.130. The molecule has 1 aliphatic heterocycles. The number of benzene rings is 1. The van der Waals surface area contributed by atoms with Crippen LogP contribution in [0.25, 0.3) is 0 Å². The van der Waals surface area contributed by atoms with Crippen LogP contribution in [0.5, 0.6) is 0 Å². The second kappa shape index (κ2) is 6.12. The third kappa shape index (κ3) is 3.75. The monoisotopic (exact) mass is 266 g/mol. The molecule has 4 nitrogen and oxygen atoms in total. The molecule has 0 saturated carbocycles. The van der Waals surface area contributed by atoms with Crippen LogP contribution in [-0.2, 0) is 4.79 Å². The van der Waals surface area contributed by atoms with Gasteiger partial charge in [0.15, 0.2) is 0 Å². The zero-order chi connectivity index (χ0) is 13.8. The summed E-state index contributed by atoms with van der Waals surface area (Å²) in [6.07, 6.45) is -0.695. The van der Waals surface area contributed by atoms with Gasteiger partial charge in [0.1, 0.15) is 5.82 Å². The maximum atomic E-state index is 13.1. The standard InChI is InChI=1S/C14H19FN2O2/c1-11(18)17-7-5-16(6-8-17)10-14(19)12-3-2-4-13(15)9-12/h2-4,9,14,19H,5-8,10H2,1H3. The number of carbonyl (C=O) groups is 1. The molecule has 0 spiro atoms. The van der Waals surface area contributed by atoms with Crippen molar-refractivity contribution >= 4 is 5.91 Å². The molecule has 1 fully saturated rings. The Kier molecular flexibility index (Phi) is 4.50. The number of aliphatic hydroxyl groups excluding tert-OH is 1. The van der Waals surface area contributed by atoms with E-state index in [0.717, 1.165) is 13.1 Å². The number of aliphatic hydroxyl groups is 1. The van der Waals surface area contributed by atoms with E-state index in [0.29, 0.717) is 25.2 Å². The van der Waals surface area contributed by atoms with Crippen LogP contribution < -0.4 is 0 Å². The minimum Gasteiger partial charge on any atom is -0.387 e. The minimum absolute atomic E-state index is 0.0883. The van der Waals surface area contributed by atoms with Crippen LogP contribution in [-0.4, -0.2) is 53.5 Å². The Labute approximate surface area is 112 Å². The topological polar surface area (TPSA) is 43.8 Å². The molecule has 1 aromatic rings. The molecule has 1 amide bonds. The van der Waals surface area contributed by atoms with E-state index >= 15 is 0 Å². The van der Waals surface area contributed by atoms with Gasteiger partial charge in [0.2, 0.25) is 5.91 Å². The van der Waals surface area contributed by atoms with E-state index < -0.39 is 6.10 Å². The summed E-state index contributed by atoms with van der Waals surface area (Å²) in [5.74, 6) is -0.247. The number of amides is 1. The molecular weight excluding hydrogens is 247 g/mol. The van der Waals surface area contributed by atoms with Crippen LogP contribution in [0, 0.1) is 5.82 Å². The Bertz CT molecular complexity index is 445. The summed E-state index contributed by atoms with van der Waals surface area (Å²) in [5.41, 5.74) is 0.592. The summed E-state index contributed by atoms with van der Waals surface area (Å²) < 4.78 is 13.1. The van der Waals surface area contributed by atoms with Gasteiger partial charge in [0, 0.05) is 39.6 Å². The van der Waals surface area contributed by atoms with Gasteiger partial charge in [0.05, 0.1) is 6.10 Å². The van der Waals surface area contributed by atoms with E-state index in [1.165, 1.54) is 12.1 Å². The van der Waals surface area contributed by atoms with Gasteiger partial charge in [-0.25, -0.2) is 4.39 Å². The molecule has 2 rings (SSSR count). The zero-order valence-electron chi connectivity index (χ0n) is 11.1. The van der Waals surface area contributed by atoms with E-state index in [4.69, 9.17) is 0 Å². The lowest BCUT2D eigenvalue weighted by atomic mass is 10.1. The molecule has 104 valence electrons. The average molecular weight is 266 g/mol. The molecule has 0 aliphatic carbocycles. The van der Waals surface area contributed by atoms with Gasteiger partial charge in [-0.3, -0.25) is 9.69 Å². The van der Waals surface area contributed by atoms with Crippen LogP contribution in [0.15, 0.2) is 24.3 Å². The van der Waals surface area contributed by atoms with E-state index in [9.17, 15) is 14.3 Å². The van der Waals surface area contributed by atoms with Gasteiger partial charge in [-0.05, 0) is 17.7 Å². The third-order valence-electron chi connectivity index (χ3n) is 3.48. The van der Waals surface area contributed by atoms with Crippen molar-refractivity contribution in [1.29, 1.82) is 0 Å². The van der Waals surface area contributed by atoms with E-state index in [1.54, 1.807) is 24.0 Å². The van der Waals surface area contributed by atoms with Crippen molar-refractivity contribution in [3.63, 3.8) is 0 Å². The van der Waals surface area contributed by atoms with Crippen LogP contribution in [0.4, 0.5) is 4.39 Å². The number of β-amino-alcohol motifs (C(OH)–C–C–N with tert-alkyl or cyclic N) is 1. The van der Waals surface area contributed by atoms with Gasteiger partial charge in [0.25, 0.3) is 0 Å². The smallest absolute Gasteiger partial charge is 0.219 e. The Balaban J connectivity index is 1.87. The van der Waals surface area contributed by atoms with Gasteiger partial charge in [-0.2, -0.15) is 0 Å². The molecule has 1 heterocycles. The number of hydrogen-bond donors (Lipinski definition) is 1. The summed E-state index contributed by atoms with van der Waals surface area (Å²) in [7, 11) is 0. The third-order valence-corrected chi connectivity index (χ3v) is 3.48. The maximum absolute atomic E-state index is 13.1. The molecule has 0 radical (unpaired) electrons. The summed E-state index contributed by atoms with van der Waals surface area (Å²) >= 11 is 0. The summed E-state index contributed by atoms with van der Waals surface area (Å²) in [6.45, 7) is 4.89. The quantitative estimate of drug-likeness (QED) is 0.888. The number of rotatable bonds is 3. The second-order valence-electron chi connectivity index (χ2n) is 4.88. The highest BCUT2D eigenvalue weighted by molar-refractivity contribution is 5.73. The first-order valence-electron chi connectivity index (χ1n) is 6.47. The number of halogens is 1. The molecule has 0 bridgehead atoms. The Morgan fingerprint density at radius 3 is 2.63 bits per heavy atom. The molecule has 1 aromatic carbocycles. The van der Waals surface area contributed by atoms with E-state index in [1.807, 2.05) is 0 Å². The molecule has 1 N–H and O–H groups in total. The first-order chi connectivity index (χ1) is 9.06. The van der Waals surface area contributed by atoms with Gasteiger partial charge >= 0.3 is 0 Å². The molecule has 0 aromatic heterocycles. The highest BCUT2D eigenvalue weighted by atomic mass is 19.1. The number of nitrogens with zero attached hydrogens (tertiary/aromatic N) is 2. The summed E-state index contributed by atoms with van der Waals surface area (Å²) in [6, 6.07) is 6.04. The van der Waals surface area contributed by atoms with Gasteiger partial charge < -0.3 is 10.0 Å². The molecule has 1 aliphatic rings. The molecular formula is C14H19FN2O2. The average Bonchev–Trinajstić information content (AvgIpc) is 2.39. The van der Waals surface area contributed by atoms with Gasteiger partial charge in [-0.15, -0.1) is 0 Å². The first-order valence-corrected chi connectivity index (χ1v) is 6.47. The Morgan fingerprint density at radius 1 is 1.37 bits per heavy atom. The van der Waals surface area contributed by atoms with Crippen LogP contribution in [0.1, 0.15) is 18.6 Å². The van der Waals surface area contributed by atoms with E-state index in [2.05, 4.69) is 4.90 Å². The predicted octanol–water partition coefficient (Wildman–Crippen LogP) is 1.02. The fourth-order valence-corrected chi connectivity index (χ4v) is 2.31. The van der Waals surface area contributed by atoms with E-state index in [-0.39, 0.29) is 11.7 Å². The van der Waals surface area contributed by atoms with Crippen molar-refractivity contribution in [3.8, 4) is 0 Å². The minimum atomic E-state index is -0.695. The summed E-state index contributed by atoms with van der Waals surface area (Å²) in [5, 5.41) is 10.1. The fraction of sp³-hybridized carbons (Fsp3) is 0.500. The highest BCUT2D eigenvalue weighted by Crippen LogP contribution is 2.16. The molecule has 19 heavy (non-hydrogen) atoms. The SMILES string of the molecule is CC(=O)N1CCN(CC(O)c2cccc(F)c2)CC1. The Morgan fingerprint density at radius 2 is 2.05 bits per heavy atom. The number of piperazine rings is 1. The van der Waals surface area contributed by atoms with Crippen molar-refractivity contribution in [2.24, 2.45) is 0 Å². The normalized spacial score (nSPS) is 18.4. The van der Waals surface area contributed by atoms with Crippen LogP contribution in [0.2, 0.25) is 0 Å². The fourth-order valence-electron chi connectivity index (χ4n) is 2.31. The first kappa shape index (κ1) is 14.0. The number of hydrogen-bond acceptors (Lipinski definition) is 3. The lowest BCUT2D eigenvalue weighted by Gasteiger charge is -2.35. The van der Waals surface area contributed by atoms with Crippen molar-refractivity contribution < 1.29 is 14.3 Å². The van der Waals surface area contributed by atoms with Crippen LogP contribution in [0.3, 0.4) is 0 Å². The van der Waals surface area contributed by atoms with Gasteiger partial charge in [-0.1, -0.05) is 12.1 Å². The largest absolute Gasteiger partial charge is 0.387 e. The summed E-state index contributed by atoms with van der Waals surface area (Å²) in [4.78, 5) is 15.1.